The zero-order valence-corrected chi connectivity index (χ0v) is 20.9. The van der Waals surface area contributed by atoms with Gasteiger partial charge in [-0.15, -0.1) is 0 Å². The van der Waals surface area contributed by atoms with E-state index in [1.807, 2.05) is 18.2 Å². The van der Waals surface area contributed by atoms with Gasteiger partial charge in [0.15, 0.2) is 0 Å². The number of halogens is 2. The number of esters is 1. The normalized spacial score (nSPS) is 27.0. The van der Waals surface area contributed by atoms with Crippen molar-refractivity contribution in [3.8, 4) is 5.75 Å². The molecule has 34 heavy (non-hydrogen) atoms. The van der Waals surface area contributed by atoms with E-state index in [1.165, 1.54) is 6.92 Å². The number of aliphatic hydroxyl groups is 1. The van der Waals surface area contributed by atoms with Crippen LogP contribution in [0.15, 0.2) is 42.5 Å². The van der Waals surface area contributed by atoms with Crippen LogP contribution in [-0.4, -0.2) is 54.2 Å². The Hall–Kier alpha value is -2.12. The minimum atomic E-state index is -0.566. The number of aliphatic hydroxyl groups excluding tert-OH is 1. The second-order valence-corrected chi connectivity index (χ2v) is 10.4. The molecule has 1 aliphatic carbocycles. The van der Waals surface area contributed by atoms with Crippen LogP contribution in [0.3, 0.4) is 0 Å². The first-order chi connectivity index (χ1) is 16.2. The first-order valence-electron chi connectivity index (χ1n) is 11.5. The fourth-order valence-electron chi connectivity index (χ4n) is 5.63. The summed E-state index contributed by atoms with van der Waals surface area (Å²) in [5.74, 6) is 0.0239. The lowest BCUT2D eigenvalue weighted by molar-refractivity contribution is -0.132. The molecule has 2 aliphatic rings. The van der Waals surface area contributed by atoms with Crippen LogP contribution in [0.25, 0.3) is 0 Å². The van der Waals surface area contributed by atoms with Crippen molar-refractivity contribution in [1.82, 2.24) is 10.2 Å². The molecule has 2 N–H and O–H groups in total. The minimum absolute atomic E-state index is 0.0158. The van der Waals surface area contributed by atoms with E-state index in [4.69, 9.17) is 27.9 Å². The molecule has 2 aromatic rings. The minimum Gasteiger partial charge on any atom is -0.427 e. The molecule has 182 valence electrons. The second kappa shape index (κ2) is 10.2. The van der Waals surface area contributed by atoms with Crippen molar-refractivity contribution in [1.29, 1.82) is 0 Å². The Morgan fingerprint density at radius 3 is 2.74 bits per heavy atom. The highest BCUT2D eigenvalue weighted by Crippen LogP contribution is 2.49. The van der Waals surface area contributed by atoms with Gasteiger partial charge < -0.3 is 20.1 Å². The van der Waals surface area contributed by atoms with E-state index in [1.54, 1.807) is 24.3 Å². The Labute approximate surface area is 210 Å². The summed E-state index contributed by atoms with van der Waals surface area (Å²) in [6, 6.07) is 12.6. The zero-order chi connectivity index (χ0) is 24.5. The van der Waals surface area contributed by atoms with E-state index in [2.05, 4.69) is 17.3 Å². The van der Waals surface area contributed by atoms with Gasteiger partial charge in [0.2, 0.25) is 5.91 Å². The molecule has 4 atom stereocenters. The van der Waals surface area contributed by atoms with E-state index < -0.39 is 6.10 Å². The molecule has 1 saturated carbocycles. The van der Waals surface area contributed by atoms with E-state index >= 15 is 0 Å². The number of likely N-dealkylation sites (tertiary alicyclic amines) is 1. The number of amides is 1. The van der Waals surface area contributed by atoms with Gasteiger partial charge in [-0.3, -0.25) is 9.59 Å². The summed E-state index contributed by atoms with van der Waals surface area (Å²) in [6.45, 7) is 3.03. The van der Waals surface area contributed by atoms with Crippen molar-refractivity contribution in [3.05, 3.63) is 63.6 Å². The van der Waals surface area contributed by atoms with Gasteiger partial charge in [-0.1, -0.05) is 41.4 Å². The second-order valence-electron chi connectivity index (χ2n) is 9.59. The Balaban J connectivity index is 1.57. The van der Waals surface area contributed by atoms with Crippen LogP contribution in [-0.2, 0) is 21.4 Å². The van der Waals surface area contributed by atoms with Crippen LogP contribution in [0.2, 0.25) is 10.0 Å². The van der Waals surface area contributed by atoms with E-state index in [0.29, 0.717) is 28.6 Å². The van der Waals surface area contributed by atoms with Crippen molar-refractivity contribution in [2.24, 2.45) is 5.92 Å². The first-order valence-corrected chi connectivity index (χ1v) is 12.3. The van der Waals surface area contributed by atoms with E-state index in [9.17, 15) is 14.7 Å². The Morgan fingerprint density at radius 2 is 2.00 bits per heavy atom. The van der Waals surface area contributed by atoms with Gasteiger partial charge in [0.05, 0.1) is 22.6 Å². The molecular weight excluding hydrogens is 475 g/mol. The first kappa shape index (κ1) is 25.0. The summed E-state index contributed by atoms with van der Waals surface area (Å²) in [5.41, 5.74) is 1.48. The molecule has 1 heterocycles. The third-order valence-electron chi connectivity index (χ3n) is 7.14. The predicted octanol–water partition coefficient (Wildman–Crippen LogP) is 3.99. The third kappa shape index (κ3) is 5.41. The van der Waals surface area contributed by atoms with Crippen LogP contribution in [0.4, 0.5) is 0 Å². The average molecular weight is 505 g/mol. The van der Waals surface area contributed by atoms with Gasteiger partial charge in [0.25, 0.3) is 0 Å². The van der Waals surface area contributed by atoms with Crippen molar-refractivity contribution in [3.63, 3.8) is 0 Å². The van der Waals surface area contributed by atoms with Crippen molar-refractivity contribution >= 4 is 35.1 Å². The summed E-state index contributed by atoms with van der Waals surface area (Å²) in [4.78, 5) is 26.6. The molecule has 4 rings (SSSR count). The summed E-state index contributed by atoms with van der Waals surface area (Å²) in [7, 11) is 2.07. The number of carbonyl (C=O) groups is 2. The highest BCUT2D eigenvalue weighted by molar-refractivity contribution is 6.42. The highest BCUT2D eigenvalue weighted by Gasteiger charge is 2.51. The monoisotopic (exact) mass is 504 g/mol. The number of hydrogen-bond donors (Lipinski definition) is 2. The van der Waals surface area contributed by atoms with E-state index in [0.717, 1.165) is 30.6 Å². The smallest absolute Gasteiger partial charge is 0.308 e. The highest BCUT2D eigenvalue weighted by atomic mass is 35.5. The molecule has 6 nitrogen and oxygen atoms in total. The quantitative estimate of drug-likeness (QED) is 0.475. The maximum Gasteiger partial charge on any atom is 0.308 e. The van der Waals surface area contributed by atoms with Gasteiger partial charge in [0.1, 0.15) is 5.75 Å². The molecule has 2 fully saturated rings. The number of fused-ring (bicyclic) bond motifs is 1. The fourth-order valence-corrected chi connectivity index (χ4v) is 5.96. The Bertz CT molecular complexity index is 1080. The molecule has 8 heteroatoms. The maximum absolute atomic E-state index is 12.9. The molecular formula is C26H30Cl2N2O4. The van der Waals surface area contributed by atoms with E-state index in [-0.39, 0.29) is 35.7 Å². The molecule has 1 aliphatic heterocycles. The molecule has 2 aromatic carbocycles. The van der Waals surface area contributed by atoms with Crippen LogP contribution in [0.1, 0.15) is 37.3 Å². The fraction of sp³-hybridized carbons (Fsp3) is 0.462. The third-order valence-corrected chi connectivity index (χ3v) is 7.88. The van der Waals surface area contributed by atoms with Crippen molar-refractivity contribution < 1.29 is 19.4 Å². The number of piperidine rings is 1. The van der Waals surface area contributed by atoms with Crippen molar-refractivity contribution in [2.45, 2.75) is 50.2 Å². The van der Waals surface area contributed by atoms with Crippen LogP contribution < -0.4 is 10.1 Å². The molecule has 3 unspecified atom stereocenters. The van der Waals surface area contributed by atoms with Gasteiger partial charge in [-0.25, -0.2) is 0 Å². The van der Waals surface area contributed by atoms with Crippen molar-refractivity contribution in [2.75, 3.05) is 20.1 Å². The number of hydrogen-bond acceptors (Lipinski definition) is 5. The standard InChI is InChI=1S/C26H30Cl2N2O4/c1-16(31)34-20-5-3-4-18(12-20)26-8-9-30(2)15-21(26)24(32)13-19(14-26)29-25(33)11-17-6-7-22(27)23(28)10-17/h3-7,10,12,19,21,24,32H,8-9,11,13-15H2,1-2H3,(H,29,33)/t19-,21?,24?,26?/m0/s1. The summed E-state index contributed by atoms with van der Waals surface area (Å²) >= 11 is 12.1. The maximum atomic E-state index is 12.9. The number of nitrogens with one attached hydrogen (secondary N) is 1. The molecule has 1 saturated heterocycles. The molecule has 0 bridgehead atoms. The van der Waals surface area contributed by atoms with Crippen LogP contribution in [0, 0.1) is 5.92 Å². The topological polar surface area (TPSA) is 78.9 Å². The molecule has 0 spiro atoms. The van der Waals surface area contributed by atoms with Gasteiger partial charge >= 0.3 is 5.97 Å². The Kier molecular flexibility index (Phi) is 7.53. The summed E-state index contributed by atoms with van der Waals surface area (Å²) in [6.07, 6.45) is 1.67. The van der Waals surface area contributed by atoms with Gasteiger partial charge in [-0.2, -0.15) is 0 Å². The molecule has 1 amide bonds. The molecule has 0 radical (unpaired) electrons. The summed E-state index contributed by atoms with van der Waals surface area (Å²) < 4.78 is 5.34. The van der Waals surface area contributed by atoms with Gasteiger partial charge in [-0.05, 0) is 68.2 Å². The number of carbonyl (C=O) groups excluding carboxylic acids is 2. The Morgan fingerprint density at radius 1 is 1.21 bits per heavy atom. The lowest BCUT2D eigenvalue weighted by Crippen LogP contribution is -2.60. The zero-order valence-electron chi connectivity index (χ0n) is 19.4. The van der Waals surface area contributed by atoms with Crippen LogP contribution >= 0.6 is 23.2 Å². The average Bonchev–Trinajstić information content (AvgIpc) is 2.77. The molecule has 0 aromatic heterocycles. The number of nitrogens with zero attached hydrogens (tertiary/aromatic N) is 1. The number of rotatable bonds is 5. The summed E-state index contributed by atoms with van der Waals surface area (Å²) in [5, 5.41) is 15.2. The SMILES string of the molecule is CC(=O)Oc1cccc(C23CCN(C)CC2C(O)C[C@H](NC(=O)Cc2ccc(Cl)c(Cl)c2)C3)c1. The largest absolute Gasteiger partial charge is 0.427 e. The van der Waals surface area contributed by atoms with Crippen LogP contribution in [0.5, 0.6) is 5.75 Å². The lowest BCUT2D eigenvalue weighted by Gasteiger charge is -2.54. The predicted molar refractivity (Wildman–Crippen MR) is 132 cm³/mol. The lowest BCUT2D eigenvalue weighted by atomic mass is 9.57. The van der Waals surface area contributed by atoms with Gasteiger partial charge in [0, 0.05) is 30.8 Å². The number of ether oxygens (including phenoxy) is 1. The number of benzene rings is 2.